The minimum absolute atomic E-state index is 0.144. The van der Waals surface area contributed by atoms with E-state index in [1.165, 1.54) is 0 Å². The van der Waals surface area contributed by atoms with Crippen molar-refractivity contribution < 1.29 is 9.53 Å². The van der Waals surface area contributed by atoms with Crippen LogP contribution >= 0.6 is 0 Å². The van der Waals surface area contributed by atoms with Crippen LogP contribution in [0.25, 0.3) is 0 Å². The second kappa shape index (κ2) is 8.06. The summed E-state index contributed by atoms with van der Waals surface area (Å²) in [5.41, 5.74) is 0. The van der Waals surface area contributed by atoms with E-state index in [2.05, 4.69) is 18.1 Å². The molecule has 0 aromatic rings. The molecular weight excluding hydrogens is 228 g/mol. The van der Waals surface area contributed by atoms with Crippen molar-refractivity contribution in [1.29, 1.82) is 0 Å². The van der Waals surface area contributed by atoms with Crippen LogP contribution in [0.4, 0.5) is 0 Å². The molecule has 0 aliphatic carbocycles. The third-order valence-electron chi connectivity index (χ3n) is 3.28. The summed E-state index contributed by atoms with van der Waals surface area (Å²) in [6, 6.07) is 0. The first kappa shape index (κ1) is 14.9. The average molecular weight is 252 g/mol. The topological polar surface area (TPSA) is 32.8 Å². The summed E-state index contributed by atoms with van der Waals surface area (Å²) < 4.78 is 5.32. The van der Waals surface area contributed by atoms with Gasteiger partial charge in [-0.15, -0.1) is 13.2 Å². The lowest BCUT2D eigenvalue weighted by molar-refractivity contribution is -0.132. The van der Waals surface area contributed by atoms with E-state index >= 15 is 0 Å². The lowest BCUT2D eigenvalue weighted by atomic mass is 10.1. The highest BCUT2D eigenvalue weighted by Gasteiger charge is 2.21. The summed E-state index contributed by atoms with van der Waals surface area (Å²) in [7, 11) is 1.75. The molecule has 0 N–H and O–H groups in total. The van der Waals surface area contributed by atoms with Crippen molar-refractivity contribution in [3.63, 3.8) is 0 Å². The Balaban J connectivity index is 2.38. The first-order chi connectivity index (χ1) is 8.71. The molecule has 1 rings (SSSR count). The van der Waals surface area contributed by atoms with Crippen molar-refractivity contribution in [2.24, 2.45) is 0 Å². The molecule has 1 saturated heterocycles. The quantitative estimate of drug-likeness (QED) is 0.640. The molecule has 4 heteroatoms. The van der Waals surface area contributed by atoms with Crippen LogP contribution in [0, 0.1) is 0 Å². The van der Waals surface area contributed by atoms with Gasteiger partial charge in [0.25, 0.3) is 0 Å². The van der Waals surface area contributed by atoms with Crippen LogP contribution in [0.1, 0.15) is 12.8 Å². The normalized spacial score (nSPS) is 17.4. The number of likely N-dealkylation sites (tertiary alicyclic amines) is 1. The Bertz CT molecular complexity index is 274. The smallest absolute Gasteiger partial charge is 0.237 e. The molecule has 0 saturated carbocycles. The van der Waals surface area contributed by atoms with Gasteiger partial charge in [0.2, 0.25) is 5.91 Å². The second-order valence-electron chi connectivity index (χ2n) is 4.59. The minimum atomic E-state index is 0.144. The summed E-state index contributed by atoms with van der Waals surface area (Å²) in [5, 5.41) is 0. The Morgan fingerprint density at radius 3 is 2.33 bits per heavy atom. The van der Waals surface area contributed by atoms with Crippen LogP contribution in [-0.4, -0.2) is 61.6 Å². The van der Waals surface area contributed by atoms with E-state index in [9.17, 15) is 4.79 Å². The van der Waals surface area contributed by atoms with E-state index in [1.54, 1.807) is 24.2 Å². The Kier molecular flexibility index (Phi) is 6.68. The summed E-state index contributed by atoms with van der Waals surface area (Å²) in [6.07, 6.45) is 5.87. The fraction of sp³-hybridized carbons (Fsp3) is 0.643. The Labute approximate surface area is 110 Å². The molecule has 0 radical (unpaired) electrons. The zero-order chi connectivity index (χ0) is 13.4. The molecule has 18 heavy (non-hydrogen) atoms. The standard InChI is InChI=1S/C14H24N2O2/c1-4-8-16(9-5-2)14(17)12-15-10-6-13(18-3)7-11-15/h4-5,13H,1-2,6-12H2,3H3. The molecule has 0 atom stereocenters. The van der Waals surface area contributed by atoms with Gasteiger partial charge in [0, 0.05) is 33.3 Å². The lowest BCUT2D eigenvalue weighted by Crippen LogP contribution is -2.44. The van der Waals surface area contributed by atoms with Crippen LogP contribution in [0.5, 0.6) is 0 Å². The number of amides is 1. The van der Waals surface area contributed by atoms with E-state index < -0.39 is 0 Å². The van der Waals surface area contributed by atoms with Crippen molar-refractivity contribution in [1.82, 2.24) is 9.80 Å². The van der Waals surface area contributed by atoms with Gasteiger partial charge in [-0.05, 0) is 12.8 Å². The number of ether oxygens (including phenoxy) is 1. The number of piperidine rings is 1. The fourth-order valence-corrected chi connectivity index (χ4v) is 2.18. The van der Waals surface area contributed by atoms with Gasteiger partial charge in [0.05, 0.1) is 12.6 Å². The van der Waals surface area contributed by atoms with Crippen LogP contribution in [0.15, 0.2) is 25.3 Å². The van der Waals surface area contributed by atoms with Crippen molar-refractivity contribution >= 4 is 5.91 Å². The van der Waals surface area contributed by atoms with Gasteiger partial charge < -0.3 is 9.64 Å². The molecule has 0 aromatic carbocycles. The summed E-state index contributed by atoms with van der Waals surface area (Å²) in [5.74, 6) is 0.144. The van der Waals surface area contributed by atoms with E-state index in [0.717, 1.165) is 25.9 Å². The third-order valence-corrected chi connectivity index (χ3v) is 3.28. The zero-order valence-corrected chi connectivity index (χ0v) is 11.3. The van der Waals surface area contributed by atoms with Gasteiger partial charge in [0.15, 0.2) is 0 Å². The number of rotatable bonds is 7. The molecule has 1 amide bonds. The molecule has 1 heterocycles. The first-order valence-electron chi connectivity index (χ1n) is 6.46. The summed E-state index contributed by atoms with van der Waals surface area (Å²) in [6.45, 7) is 10.9. The van der Waals surface area contributed by atoms with E-state index in [4.69, 9.17) is 4.74 Å². The third kappa shape index (κ3) is 4.63. The maximum Gasteiger partial charge on any atom is 0.237 e. The van der Waals surface area contributed by atoms with Gasteiger partial charge in [-0.3, -0.25) is 9.69 Å². The summed E-state index contributed by atoms with van der Waals surface area (Å²) in [4.78, 5) is 16.1. The molecule has 1 aliphatic rings. The predicted molar refractivity (Wildman–Crippen MR) is 73.4 cm³/mol. The highest BCUT2D eigenvalue weighted by atomic mass is 16.5. The van der Waals surface area contributed by atoms with Crippen molar-refractivity contribution in [2.75, 3.05) is 39.8 Å². The molecule has 0 bridgehead atoms. The zero-order valence-electron chi connectivity index (χ0n) is 11.3. The van der Waals surface area contributed by atoms with Crippen LogP contribution in [0.3, 0.4) is 0 Å². The molecule has 0 unspecified atom stereocenters. The maximum atomic E-state index is 12.1. The molecule has 0 spiro atoms. The Morgan fingerprint density at radius 2 is 1.89 bits per heavy atom. The van der Waals surface area contributed by atoms with Crippen LogP contribution in [0.2, 0.25) is 0 Å². The van der Waals surface area contributed by atoms with E-state index in [0.29, 0.717) is 25.7 Å². The highest BCUT2D eigenvalue weighted by molar-refractivity contribution is 5.78. The number of carbonyl (C=O) groups is 1. The van der Waals surface area contributed by atoms with Gasteiger partial charge in [-0.1, -0.05) is 12.2 Å². The van der Waals surface area contributed by atoms with Crippen molar-refractivity contribution in [3.8, 4) is 0 Å². The van der Waals surface area contributed by atoms with E-state index in [-0.39, 0.29) is 5.91 Å². The minimum Gasteiger partial charge on any atom is -0.381 e. The van der Waals surface area contributed by atoms with Crippen LogP contribution in [-0.2, 0) is 9.53 Å². The van der Waals surface area contributed by atoms with Gasteiger partial charge in [0.1, 0.15) is 0 Å². The first-order valence-corrected chi connectivity index (χ1v) is 6.46. The molecule has 1 fully saturated rings. The Morgan fingerprint density at radius 1 is 1.33 bits per heavy atom. The number of hydrogen-bond donors (Lipinski definition) is 0. The van der Waals surface area contributed by atoms with Gasteiger partial charge >= 0.3 is 0 Å². The number of hydrogen-bond acceptors (Lipinski definition) is 3. The molecule has 1 aliphatic heterocycles. The predicted octanol–water partition coefficient (Wildman–Crippen LogP) is 1.30. The van der Waals surface area contributed by atoms with Crippen molar-refractivity contribution in [2.45, 2.75) is 18.9 Å². The fourth-order valence-electron chi connectivity index (χ4n) is 2.18. The molecule has 0 aromatic heterocycles. The number of methoxy groups -OCH3 is 1. The molecule has 102 valence electrons. The largest absolute Gasteiger partial charge is 0.381 e. The summed E-state index contributed by atoms with van der Waals surface area (Å²) >= 11 is 0. The van der Waals surface area contributed by atoms with Crippen molar-refractivity contribution in [3.05, 3.63) is 25.3 Å². The molecular formula is C14H24N2O2. The molecule has 4 nitrogen and oxygen atoms in total. The highest BCUT2D eigenvalue weighted by Crippen LogP contribution is 2.12. The Hall–Kier alpha value is -1.13. The van der Waals surface area contributed by atoms with E-state index in [1.807, 2.05) is 0 Å². The second-order valence-corrected chi connectivity index (χ2v) is 4.59. The van der Waals surface area contributed by atoms with Gasteiger partial charge in [-0.25, -0.2) is 0 Å². The lowest BCUT2D eigenvalue weighted by Gasteiger charge is -2.32. The SMILES string of the molecule is C=CCN(CC=C)C(=O)CN1CCC(OC)CC1. The average Bonchev–Trinajstić information content (AvgIpc) is 2.39. The van der Waals surface area contributed by atoms with Gasteiger partial charge in [-0.2, -0.15) is 0 Å². The monoisotopic (exact) mass is 252 g/mol. The van der Waals surface area contributed by atoms with Crippen LogP contribution < -0.4 is 0 Å². The number of carbonyl (C=O) groups excluding carboxylic acids is 1. The maximum absolute atomic E-state index is 12.1. The number of nitrogens with zero attached hydrogens (tertiary/aromatic N) is 2.